The van der Waals surface area contributed by atoms with Crippen LogP contribution in [-0.2, 0) is 27.1 Å². The molecule has 0 bridgehead atoms. The highest BCUT2D eigenvalue weighted by Gasteiger charge is 2.31. The number of thiophene rings is 1. The summed E-state index contributed by atoms with van der Waals surface area (Å²) in [4.78, 5) is 42.0. The average molecular weight is 544 g/mol. The monoisotopic (exact) mass is 543 g/mol. The summed E-state index contributed by atoms with van der Waals surface area (Å²) in [6.45, 7) is 8.31. The van der Waals surface area contributed by atoms with Crippen molar-refractivity contribution >= 4 is 44.6 Å². The molecule has 2 aliphatic rings. The number of carbonyl (C=O) groups excluding carboxylic acids is 2. The third kappa shape index (κ3) is 5.07. The quantitative estimate of drug-likeness (QED) is 0.524. The summed E-state index contributed by atoms with van der Waals surface area (Å²) >= 11 is 1.35. The number of likely N-dealkylation sites (N-methyl/N-ethyl adjacent to an activating group) is 1. The molecule has 0 atom stereocenters. The lowest BCUT2D eigenvalue weighted by atomic mass is 9.95. The zero-order chi connectivity index (χ0) is 27.2. The molecule has 1 saturated heterocycles. The van der Waals surface area contributed by atoms with Gasteiger partial charge in [-0.1, -0.05) is 0 Å². The van der Waals surface area contributed by atoms with Crippen LogP contribution in [0.1, 0.15) is 44.9 Å². The number of amides is 1. The Morgan fingerprint density at radius 3 is 2.55 bits per heavy atom. The second-order valence-corrected chi connectivity index (χ2v) is 11.8. The van der Waals surface area contributed by atoms with Crippen LogP contribution in [-0.4, -0.2) is 87.9 Å². The number of hydrogen-bond donors (Lipinski definition) is 1. The van der Waals surface area contributed by atoms with Gasteiger partial charge in [0.25, 0.3) is 0 Å². The average Bonchev–Trinajstić information content (AvgIpc) is 3.53. The third-order valence-corrected chi connectivity index (χ3v) is 7.97. The van der Waals surface area contributed by atoms with Crippen molar-refractivity contribution in [3.05, 3.63) is 23.4 Å². The summed E-state index contributed by atoms with van der Waals surface area (Å²) in [6, 6.07) is 3.51. The first-order valence-electron chi connectivity index (χ1n) is 12.8. The van der Waals surface area contributed by atoms with Crippen LogP contribution in [0.5, 0.6) is 0 Å². The number of morpholine rings is 1. The fourth-order valence-corrected chi connectivity index (χ4v) is 6.03. The largest absolute Gasteiger partial charge is 0.464 e. The van der Waals surface area contributed by atoms with E-state index in [1.807, 2.05) is 0 Å². The zero-order valence-corrected chi connectivity index (χ0v) is 23.0. The molecule has 3 aromatic rings. The van der Waals surface area contributed by atoms with Gasteiger partial charge in [0.05, 0.1) is 41.4 Å². The van der Waals surface area contributed by atoms with Crippen molar-refractivity contribution in [3.63, 3.8) is 0 Å². The second kappa shape index (κ2) is 10.2. The molecule has 1 aliphatic heterocycles. The Morgan fingerprint density at radius 1 is 1.16 bits per heavy atom. The topological polar surface area (TPSA) is 119 Å². The van der Waals surface area contributed by atoms with Gasteiger partial charge in [0.2, 0.25) is 5.91 Å². The number of aromatic nitrogens is 3. The van der Waals surface area contributed by atoms with Crippen LogP contribution in [0.3, 0.4) is 0 Å². The van der Waals surface area contributed by atoms with Crippen molar-refractivity contribution in [1.82, 2.24) is 19.2 Å². The van der Waals surface area contributed by atoms with Crippen molar-refractivity contribution in [3.8, 4) is 11.4 Å². The highest BCUT2D eigenvalue weighted by atomic mass is 32.1. The molecule has 3 aromatic heterocycles. The summed E-state index contributed by atoms with van der Waals surface area (Å²) < 4.78 is 14.1. The van der Waals surface area contributed by atoms with Crippen LogP contribution in [0.15, 0.2) is 12.1 Å². The van der Waals surface area contributed by atoms with E-state index >= 15 is 0 Å². The summed E-state index contributed by atoms with van der Waals surface area (Å²) in [5.41, 5.74) is 2.34. The molecule has 4 heterocycles. The van der Waals surface area contributed by atoms with E-state index in [1.54, 1.807) is 44.9 Å². The second-order valence-electron chi connectivity index (χ2n) is 10.7. The fourth-order valence-electron chi connectivity index (χ4n) is 4.97. The number of rotatable bonds is 4. The van der Waals surface area contributed by atoms with Crippen molar-refractivity contribution in [2.45, 2.75) is 52.1 Å². The Morgan fingerprint density at radius 2 is 1.87 bits per heavy atom. The van der Waals surface area contributed by atoms with E-state index in [9.17, 15) is 19.5 Å². The van der Waals surface area contributed by atoms with Crippen LogP contribution in [0.4, 0.5) is 14.6 Å². The first kappa shape index (κ1) is 26.4. The van der Waals surface area contributed by atoms with Gasteiger partial charge < -0.3 is 19.5 Å². The molecule has 38 heavy (non-hydrogen) atoms. The van der Waals surface area contributed by atoms with E-state index < -0.39 is 17.8 Å². The van der Waals surface area contributed by atoms with Gasteiger partial charge in [-0.3, -0.25) is 9.69 Å². The normalized spacial score (nSPS) is 16.4. The Labute approximate surface area is 224 Å². The Balaban J connectivity index is 1.50. The predicted molar refractivity (Wildman–Crippen MR) is 143 cm³/mol. The van der Waals surface area contributed by atoms with E-state index in [0.717, 1.165) is 28.8 Å². The molecule has 1 amide bonds. The third-order valence-electron chi connectivity index (χ3n) is 6.82. The van der Waals surface area contributed by atoms with Crippen molar-refractivity contribution < 1.29 is 29.0 Å². The van der Waals surface area contributed by atoms with Gasteiger partial charge in [-0.15, -0.1) is 11.3 Å². The summed E-state index contributed by atoms with van der Waals surface area (Å²) in [5.74, 6) is -0.0666. The Kier molecular flexibility index (Phi) is 7.05. The van der Waals surface area contributed by atoms with Gasteiger partial charge in [-0.05, 0) is 58.6 Å². The van der Waals surface area contributed by atoms with E-state index in [2.05, 4.69) is 10.00 Å². The lowest BCUT2D eigenvalue weighted by molar-refractivity contribution is -0.120. The fraction of sp³-hybridized carbons (Fsp3) is 0.538. The van der Waals surface area contributed by atoms with E-state index in [-0.39, 0.29) is 12.5 Å². The lowest BCUT2D eigenvalue weighted by Crippen LogP contribution is -2.43. The molecule has 12 heteroatoms. The summed E-state index contributed by atoms with van der Waals surface area (Å²) in [6.07, 6.45) is 1.50. The van der Waals surface area contributed by atoms with Gasteiger partial charge in [0, 0.05) is 25.7 Å². The van der Waals surface area contributed by atoms with Crippen molar-refractivity contribution in [2.75, 3.05) is 44.8 Å². The molecule has 5 rings (SSSR count). The van der Waals surface area contributed by atoms with Gasteiger partial charge in [-0.2, -0.15) is 9.78 Å². The minimum atomic E-state index is -1.15. The zero-order valence-electron chi connectivity index (χ0n) is 22.2. The first-order valence-corrected chi connectivity index (χ1v) is 13.6. The minimum absolute atomic E-state index is 0.0666. The lowest BCUT2D eigenvalue weighted by Gasteiger charge is -2.27. The van der Waals surface area contributed by atoms with Crippen LogP contribution >= 0.6 is 11.3 Å². The maximum Gasteiger partial charge on any atom is 0.435 e. The predicted octanol–water partition coefficient (Wildman–Crippen LogP) is 4.05. The highest BCUT2D eigenvalue weighted by molar-refractivity contribution is 7.23. The SMILES string of the molecule is CN(C(=O)CN1CCOCC1)c1cc2c(cc(-c3nn(C(=O)OC(C)(C)C)c4c3CCCC4)n2C(=O)O)s1. The number of carboxylic acid groups (broad SMARTS) is 1. The Bertz CT molecular complexity index is 1390. The number of hydrogen-bond acceptors (Lipinski definition) is 8. The molecule has 0 spiro atoms. The smallest absolute Gasteiger partial charge is 0.435 e. The van der Waals surface area contributed by atoms with E-state index in [0.29, 0.717) is 61.1 Å². The number of ether oxygens (including phenoxy) is 2. The van der Waals surface area contributed by atoms with E-state index in [1.165, 1.54) is 20.6 Å². The van der Waals surface area contributed by atoms with Crippen LogP contribution < -0.4 is 4.90 Å². The first-order chi connectivity index (χ1) is 18.0. The molecule has 0 saturated carbocycles. The molecular weight excluding hydrogens is 510 g/mol. The maximum absolute atomic E-state index is 13.0. The van der Waals surface area contributed by atoms with Crippen LogP contribution in [0.25, 0.3) is 21.6 Å². The molecule has 1 aliphatic carbocycles. The summed E-state index contributed by atoms with van der Waals surface area (Å²) in [7, 11) is 1.71. The molecule has 204 valence electrons. The molecule has 1 N–H and O–H groups in total. The standard InChI is InChI=1S/C26H33N5O6S/c1-26(2,3)37-25(35)31-17-8-6-5-7-16(17)23(27-31)19-13-20-18(30(19)24(33)34)14-22(38-20)28(4)21(32)15-29-9-11-36-12-10-29/h13-14H,5-12,15H2,1-4H3,(H,33,34). The van der Waals surface area contributed by atoms with Crippen LogP contribution in [0.2, 0.25) is 0 Å². The van der Waals surface area contributed by atoms with Crippen molar-refractivity contribution in [2.24, 2.45) is 0 Å². The number of carbonyl (C=O) groups is 3. The molecule has 1 fully saturated rings. The Hall–Kier alpha value is -3.22. The maximum atomic E-state index is 13.0. The number of nitrogens with zero attached hydrogens (tertiary/aromatic N) is 5. The number of anilines is 1. The highest BCUT2D eigenvalue weighted by Crippen LogP contribution is 2.40. The summed E-state index contributed by atoms with van der Waals surface area (Å²) in [5, 5.41) is 15.5. The minimum Gasteiger partial charge on any atom is -0.464 e. The number of fused-ring (bicyclic) bond motifs is 2. The van der Waals surface area contributed by atoms with Crippen LogP contribution in [0, 0.1) is 0 Å². The van der Waals surface area contributed by atoms with Gasteiger partial charge >= 0.3 is 12.2 Å². The van der Waals surface area contributed by atoms with Crippen molar-refractivity contribution in [1.29, 1.82) is 0 Å². The van der Waals surface area contributed by atoms with E-state index in [4.69, 9.17) is 9.47 Å². The van der Waals surface area contributed by atoms with Gasteiger partial charge in [0.15, 0.2) is 0 Å². The molecule has 0 aromatic carbocycles. The van der Waals surface area contributed by atoms with Gasteiger partial charge in [0.1, 0.15) is 16.3 Å². The molecule has 0 radical (unpaired) electrons. The molecular formula is C26H33N5O6S. The molecule has 0 unspecified atom stereocenters. The van der Waals surface area contributed by atoms with Gasteiger partial charge in [-0.25, -0.2) is 14.2 Å². The molecule has 11 nitrogen and oxygen atoms in total.